The second kappa shape index (κ2) is 5.91. The molecule has 6 nitrogen and oxygen atoms in total. The van der Waals surface area contributed by atoms with Crippen molar-refractivity contribution in [2.75, 3.05) is 5.32 Å². The van der Waals surface area contributed by atoms with E-state index in [-0.39, 0.29) is 34.8 Å². The number of nitrogens with zero attached hydrogens (tertiary/aromatic N) is 1. The van der Waals surface area contributed by atoms with Crippen molar-refractivity contribution in [1.82, 2.24) is 4.90 Å². The molecule has 1 aliphatic carbocycles. The van der Waals surface area contributed by atoms with Gasteiger partial charge in [-0.15, -0.1) is 0 Å². The zero-order valence-corrected chi connectivity index (χ0v) is 14.1. The van der Waals surface area contributed by atoms with Gasteiger partial charge in [-0.05, 0) is 50.1 Å². The predicted molar refractivity (Wildman–Crippen MR) is 94.4 cm³/mol. The van der Waals surface area contributed by atoms with E-state index in [2.05, 4.69) is 5.32 Å². The zero-order chi connectivity index (χ0) is 18.4. The van der Waals surface area contributed by atoms with Gasteiger partial charge in [-0.2, -0.15) is 0 Å². The second-order valence-electron chi connectivity index (χ2n) is 6.53. The number of benzene rings is 2. The minimum Gasteiger partial charge on any atom is -0.321 e. The van der Waals surface area contributed by atoms with E-state index in [4.69, 9.17) is 0 Å². The van der Waals surface area contributed by atoms with Crippen molar-refractivity contribution in [3.8, 4) is 0 Å². The number of carbonyl (C=O) groups is 4. The van der Waals surface area contributed by atoms with Crippen LogP contribution in [-0.4, -0.2) is 34.4 Å². The maximum absolute atomic E-state index is 12.6. The van der Waals surface area contributed by atoms with E-state index in [1.165, 1.54) is 30.0 Å². The summed E-state index contributed by atoms with van der Waals surface area (Å²) in [6.45, 7) is 1.43. The van der Waals surface area contributed by atoms with Crippen LogP contribution in [0.4, 0.5) is 5.69 Å². The number of imide groups is 1. The van der Waals surface area contributed by atoms with Crippen molar-refractivity contribution in [2.45, 2.75) is 25.8 Å². The van der Waals surface area contributed by atoms with Crippen LogP contribution < -0.4 is 5.32 Å². The van der Waals surface area contributed by atoms with Crippen molar-refractivity contribution in [1.29, 1.82) is 0 Å². The molecule has 2 aromatic rings. The van der Waals surface area contributed by atoms with E-state index in [1.54, 1.807) is 24.3 Å². The molecule has 0 unspecified atom stereocenters. The van der Waals surface area contributed by atoms with Gasteiger partial charge in [-0.1, -0.05) is 12.1 Å². The van der Waals surface area contributed by atoms with Crippen molar-refractivity contribution >= 4 is 29.2 Å². The molecule has 4 rings (SSSR count). The van der Waals surface area contributed by atoms with Gasteiger partial charge in [-0.3, -0.25) is 24.1 Å². The highest BCUT2D eigenvalue weighted by molar-refractivity contribution is 6.22. The van der Waals surface area contributed by atoms with Crippen LogP contribution in [-0.2, 0) is 0 Å². The lowest BCUT2D eigenvalue weighted by Crippen LogP contribution is -2.31. The first-order chi connectivity index (χ1) is 12.5. The van der Waals surface area contributed by atoms with Crippen molar-refractivity contribution < 1.29 is 19.2 Å². The first-order valence-electron chi connectivity index (χ1n) is 8.40. The van der Waals surface area contributed by atoms with Crippen LogP contribution in [0.3, 0.4) is 0 Å². The second-order valence-corrected chi connectivity index (χ2v) is 6.53. The van der Waals surface area contributed by atoms with E-state index in [0.29, 0.717) is 16.8 Å². The lowest BCUT2D eigenvalue weighted by Gasteiger charge is -2.11. The maximum atomic E-state index is 12.6. The molecule has 6 heteroatoms. The highest BCUT2D eigenvalue weighted by Gasteiger charge is 2.44. The molecule has 0 bridgehead atoms. The van der Waals surface area contributed by atoms with E-state index < -0.39 is 5.91 Å². The molecule has 1 N–H and O–H groups in total. The Morgan fingerprint density at radius 1 is 1.00 bits per heavy atom. The molecule has 3 amide bonds. The third-order valence-electron chi connectivity index (χ3n) is 4.65. The first kappa shape index (κ1) is 16.2. The zero-order valence-electron chi connectivity index (χ0n) is 14.1. The van der Waals surface area contributed by atoms with Gasteiger partial charge < -0.3 is 5.32 Å². The number of nitrogens with one attached hydrogen (secondary N) is 1. The summed E-state index contributed by atoms with van der Waals surface area (Å²) in [6.07, 6.45) is 1.67. The summed E-state index contributed by atoms with van der Waals surface area (Å²) in [6, 6.07) is 11.2. The fourth-order valence-electron chi connectivity index (χ4n) is 3.16. The highest BCUT2D eigenvalue weighted by atomic mass is 16.2. The van der Waals surface area contributed by atoms with Crippen molar-refractivity contribution in [2.24, 2.45) is 0 Å². The molecule has 0 radical (unpaired) electrons. The standard InChI is InChI=1S/C20H16N2O4/c1-11(23)14-4-2-3-5-17(14)21-18(24)12-6-9-15-16(10-12)20(26)22(19(15)25)13-7-8-13/h2-6,9-10,13H,7-8H2,1H3,(H,21,24). The minimum atomic E-state index is -0.438. The summed E-state index contributed by atoms with van der Waals surface area (Å²) in [5.41, 5.74) is 1.68. The normalized spacial score (nSPS) is 15.8. The van der Waals surface area contributed by atoms with Crippen LogP contribution in [0.15, 0.2) is 42.5 Å². The average molecular weight is 348 g/mol. The number of ketones is 1. The molecule has 130 valence electrons. The Kier molecular flexibility index (Phi) is 3.68. The molecule has 2 aromatic carbocycles. The monoisotopic (exact) mass is 348 g/mol. The number of carbonyl (C=O) groups excluding carboxylic acids is 4. The molecule has 26 heavy (non-hydrogen) atoms. The Bertz CT molecular complexity index is 976. The Hall–Kier alpha value is -3.28. The van der Waals surface area contributed by atoms with Crippen LogP contribution in [0.25, 0.3) is 0 Å². The quantitative estimate of drug-likeness (QED) is 0.680. The summed E-state index contributed by atoms with van der Waals surface area (Å²) in [7, 11) is 0. The number of hydrogen-bond donors (Lipinski definition) is 1. The molecule has 0 spiro atoms. The summed E-state index contributed by atoms with van der Waals surface area (Å²) in [4.78, 5) is 50.4. The van der Waals surface area contributed by atoms with Gasteiger partial charge in [0.15, 0.2) is 5.78 Å². The maximum Gasteiger partial charge on any atom is 0.261 e. The molecule has 1 saturated carbocycles. The summed E-state index contributed by atoms with van der Waals surface area (Å²) in [5, 5.41) is 2.70. The molecule has 0 aromatic heterocycles. The third-order valence-corrected chi connectivity index (χ3v) is 4.65. The Morgan fingerprint density at radius 2 is 1.69 bits per heavy atom. The number of amides is 3. The fraction of sp³-hybridized carbons (Fsp3) is 0.200. The average Bonchev–Trinajstić information content (AvgIpc) is 3.42. The molecule has 0 saturated heterocycles. The van der Waals surface area contributed by atoms with Gasteiger partial charge in [0.1, 0.15) is 0 Å². The molecule has 2 aliphatic rings. The van der Waals surface area contributed by atoms with Gasteiger partial charge in [0.25, 0.3) is 17.7 Å². The first-order valence-corrected chi connectivity index (χ1v) is 8.40. The van der Waals surface area contributed by atoms with E-state index in [0.717, 1.165) is 12.8 Å². The predicted octanol–water partition coefficient (Wildman–Crippen LogP) is 2.90. The molecule has 1 aliphatic heterocycles. The highest BCUT2D eigenvalue weighted by Crippen LogP contribution is 2.35. The lowest BCUT2D eigenvalue weighted by atomic mass is 10.0. The Morgan fingerprint density at radius 3 is 2.38 bits per heavy atom. The van der Waals surface area contributed by atoms with Gasteiger partial charge in [-0.25, -0.2) is 0 Å². The minimum absolute atomic E-state index is 0.0119. The van der Waals surface area contributed by atoms with Gasteiger partial charge >= 0.3 is 0 Å². The smallest absolute Gasteiger partial charge is 0.261 e. The van der Waals surface area contributed by atoms with Gasteiger partial charge in [0.2, 0.25) is 0 Å². The molecule has 0 atom stereocenters. The molecular weight excluding hydrogens is 332 g/mol. The van der Waals surface area contributed by atoms with Crippen LogP contribution in [0, 0.1) is 0 Å². The number of fused-ring (bicyclic) bond motifs is 1. The molecular formula is C20H16N2O4. The Balaban J connectivity index is 1.62. The van der Waals surface area contributed by atoms with E-state index in [9.17, 15) is 19.2 Å². The Labute approximate surface area is 149 Å². The SMILES string of the molecule is CC(=O)c1ccccc1NC(=O)c1ccc2c(c1)C(=O)N(C1CC1)C2=O. The lowest BCUT2D eigenvalue weighted by molar-refractivity contribution is 0.0642. The third kappa shape index (κ3) is 2.60. The molecule has 1 heterocycles. The topological polar surface area (TPSA) is 83.6 Å². The van der Waals surface area contributed by atoms with Crippen LogP contribution >= 0.6 is 0 Å². The fourth-order valence-corrected chi connectivity index (χ4v) is 3.16. The number of hydrogen-bond acceptors (Lipinski definition) is 4. The summed E-state index contributed by atoms with van der Waals surface area (Å²) < 4.78 is 0. The van der Waals surface area contributed by atoms with E-state index >= 15 is 0 Å². The van der Waals surface area contributed by atoms with E-state index in [1.807, 2.05) is 0 Å². The number of Topliss-reactive ketones (excluding diaryl/α,β-unsaturated/α-hetero) is 1. The molecule has 1 fully saturated rings. The van der Waals surface area contributed by atoms with Gasteiger partial charge in [0, 0.05) is 17.2 Å². The van der Waals surface area contributed by atoms with Crippen LogP contribution in [0.5, 0.6) is 0 Å². The van der Waals surface area contributed by atoms with Crippen molar-refractivity contribution in [3.05, 3.63) is 64.7 Å². The van der Waals surface area contributed by atoms with Gasteiger partial charge in [0.05, 0.1) is 16.8 Å². The largest absolute Gasteiger partial charge is 0.321 e. The van der Waals surface area contributed by atoms with Crippen LogP contribution in [0.1, 0.15) is 61.2 Å². The summed E-state index contributed by atoms with van der Waals surface area (Å²) >= 11 is 0. The summed E-state index contributed by atoms with van der Waals surface area (Å²) in [5.74, 6) is -1.23. The van der Waals surface area contributed by atoms with Crippen molar-refractivity contribution in [3.63, 3.8) is 0 Å². The number of para-hydroxylation sites is 1. The number of anilines is 1. The van der Waals surface area contributed by atoms with Crippen LogP contribution in [0.2, 0.25) is 0 Å². The number of rotatable bonds is 4.